The van der Waals surface area contributed by atoms with E-state index in [-0.39, 0.29) is 31.0 Å². The summed E-state index contributed by atoms with van der Waals surface area (Å²) in [6.07, 6.45) is 9.70. The number of likely N-dealkylation sites (tertiary alicyclic amines) is 1. The van der Waals surface area contributed by atoms with Crippen molar-refractivity contribution in [1.82, 2.24) is 4.90 Å². The highest BCUT2D eigenvalue weighted by molar-refractivity contribution is 8.02. The molecule has 0 aliphatic carbocycles. The van der Waals surface area contributed by atoms with Crippen molar-refractivity contribution < 1.29 is 29.0 Å². The lowest BCUT2D eigenvalue weighted by Crippen LogP contribution is -2.53. The number of rotatable bonds is 6. The summed E-state index contributed by atoms with van der Waals surface area (Å²) in [6, 6.07) is 6.52. The number of thioether (sulfide) groups is 1. The highest BCUT2D eigenvalue weighted by atomic mass is 32.2. The van der Waals surface area contributed by atoms with Gasteiger partial charge in [0, 0.05) is 30.1 Å². The molecule has 0 radical (unpaired) electrons. The number of benzene rings is 1. The van der Waals surface area contributed by atoms with Crippen molar-refractivity contribution in [3.8, 4) is 5.75 Å². The fourth-order valence-corrected chi connectivity index (χ4v) is 8.27. The number of anilines is 1. The predicted molar refractivity (Wildman–Crippen MR) is 137 cm³/mol. The molecule has 1 spiro atoms. The number of fused-ring (bicyclic) bond motifs is 2. The summed E-state index contributed by atoms with van der Waals surface area (Å²) in [4.78, 5) is 45.0. The van der Waals surface area contributed by atoms with E-state index in [2.05, 4.69) is 0 Å². The maximum Gasteiger partial charge on any atom is 0.311 e. The van der Waals surface area contributed by atoms with Crippen LogP contribution in [0, 0.1) is 11.8 Å². The molecule has 2 saturated heterocycles. The van der Waals surface area contributed by atoms with E-state index in [1.165, 1.54) is 11.8 Å². The van der Waals surface area contributed by atoms with Crippen LogP contribution in [0.5, 0.6) is 5.75 Å². The van der Waals surface area contributed by atoms with Gasteiger partial charge in [-0.15, -0.1) is 11.8 Å². The number of ether oxygens (including phenoxy) is 2. The number of amides is 2. The summed E-state index contributed by atoms with van der Waals surface area (Å²) in [6.45, 7) is 2.97. The summed E-state index contributed by atoms with van der Waals surface area (Å²) < 4.78 is 9.26. The molecule has 36 heavy (non-hydrogen) atoms. The van der Waals surface area contributed by atoms with Crippen LogP contribution < -0.4 is 9.64 Å². The lowest BCUT2D eigenvalue weighted by molar-refractivity contribution is -0.154. The number of methoxy groups -OCH3 is 1. The number of carbonyl (C=O) groups is 3. The van der Waals surface area contributed by atoms with Crippen molar-refractivity contribution in [1.29, 1.82) is 0 Å². The number of hydrogen-bond donors (Lipinski definition) is 1. The Morgan fingerprint density at radius 1 is 1.08 bits per heavy atom. The number of esters is 1. The van der Waals surface area contributed by atoms with Crippen molar-refractivity contribution >= 4 is 35.2 Å². The Bertz CT molecular complexity index is 1100. The summed E-state index contributed by atoms with van der Waals surface area (Å²) in [5.74, 6) is -1.46. The third-order valence-electron chi connectivity index (χ3n) is 7.71. The molecule has 4 aliphatic rings. The van der Waals surface area contributed by atoms with Gasteiger partial charge in [-0.1, -0.05) is 24.3 Å². The topological polar surface area (TPSA) is 96.4 Å². The van der Waals surface area contributed by atoms with Crippen molar-refractivity contribution in [3.05, 3.63) is 48.6 Å². The van der Waals surface area contributed by atoms with E-state index in [1.807, 2.05) is 55.5 Å². The Balaban J connectivity index is 1.60. The molecular formula is C27H32N2O6S. The molecule has 2 fully saturated rings. The average molecular weight is 513 g/mol. The molecule has 1 aromatic rings. The Morgan fingerprint density at radius 3 is 2.58 bits per heavy atom. The highest BCUT2D eigenvalue weighted by Gasteiger charge is 2.73. The van der Waals surface area contributed by atoms with Gasteiger partial charge >= 0.3 is 5.97 Å². The zero-order valence-electron chi connectivity index (χ0n) is 20.6. The first kappa shape index (κ1) is 24.9. The van der Waals surface area contributed by atoms with Crippen LogP contribution in [-0.2, 0) is 19.1 Å². The smallest absolute Gasteiger partial charge is 0.311 e. The summed E-state index contributed by atoms with van der Waals surface area (Å²) in [5, 5.41) is 9.34. The van der Waals surface area contributed by atoms with Crippen LogP contribution >= 0.6 is 11.8 Å². The first-order chi connectivity index (χ1) is 17.4. The number of carbonyl (C=O) groups excluding carboxylic acids is 3. The Morgan fingerprint density at radius 2 is 1.86 bits per heavy atom. The molecule has 5 rings (SSSR count). The molecule has 8 nitrogen and oxygen atoms in total. The largest absolute Gasteiger partial charge is 0.497 e. The standard InChI is InChI=1S/C27H32N2O6S/c1-26-12-3-6-17-35-25(33)21(26)20-23(31)29(14-4-5-16-30)22-24(32)28(15-7-13-27(20,22)36-26)18-8-10-19(34-2)11-9-18/h3,7-13,20-22,30H,4-6,14-17H2,1-2H3/t20-,21-,22?,26+,27-/m0/s1. The van der Waals surface area contributed by atoms with Gasteiger partial charge in [0.15, 0.2) is 0 Å². The van der Waals surface area contributed by atoms with Crippen LogP contribution in [0.3, 0.4) is 0 Å². The van der Waals surface area contributed by atoms with Gasteiger partial charge in [0.05, 0.1) is 30.3 Å². The Hall–Kier alpha value is -2.78. The minimum Gasteiger partial charge on any atom is -0.497 e. The lowest BCUT2D eigenvalue weighted by atomic mass is 9.74. The third kappa shape index (κ3) is 3.84. The molecule has 5 atom stereocenters. The number of nitrogens with zero attached hydrogens (tertiary/aromatic N) is 2. The van der Waals surface area contributed by atoms with Gasteiger partial charge in [0.25, 0.3) is 5.91 Å². The van der Waals surface area contributed by atoms with Gasteiger partial charge in [0.2, 0.25) is 5.91 Å². The monoisotopic (exact) mass is 512 g/mol. The second kappa shape index (κ2) is 9.59. The molecule has 4 aliphatic heterocycles. The fraction of sp³-hybridized carbons (Fsp3) is 0.519. The number of hydrogen-bond acceptors (Lipinski definition) is 7. The van der Waals surface area contributed by atoms with Crippen LogP contribution in [0.15, 0.2) is 48.6 Å². The van der Waals surface area contributed by atoms with Crippen LogP contribution in [0.4, 0.5) is 5.69 Å². The van der Waals surface area contributed by atoms with Gasteiger partial charge < -0.3 is 24.4 Å². The second-order valence-corrected chi connectivity index (χ2v) is 11.7. The fourth-order valence-electron chi connectivity index (χ4n) is 6.12. The quantitative estimate of drug-likeness (QED) is 0.356. The lowest BCUT2D eigenvalue weighted by Gasteiger charge is -2.37. The predicted octanol–water partition coefficient (Wildman–Crippen LogP) is 2.56. The van der Waals surface area contributed by atoms with Crippen molar-refractivity contribution in [3.63, 3.8) is 0 Å². The molecule has 192 valence electrons. The SMILES string of the molecule is COc1ccc(N2CC=C[C@]34S[C@]5(C)C=CCCOC(=O)[C@@H]5[C@H]3C(=O)N(CCCCO)C4C2=O)cc1. The third-order valence-corrected chi connectivity index (χ3v) is 9.51. The maximum absolute atomic E-state index is 14.3. The van der Waals surface area contributed by atoms with Crippen molar-refractivity contribution in [2.45, 2.75) is 41.7 Å². The van der Waals surface area contributed by atoms with Gasteiger partial charge in [-0.05, 0) is 50.5 Å². The average Bonchev–Trinajstić information content (AvgIpc) is 3.18. The number of unbranched alkanes of at least 4 members (excludes halogenated alkanes) is 1. The van der Waals surface area contributed by atoms with Crippen LogP contribution in [-0.4, -0.2) is 76.7 Å². The Labute approximate surface area is 215 Å². The zero-order valence-corrected chi connectivity index (χ0v) is 21.4. The molecule has 1 aromatic carbocycles. The molecular weight excluding hydrogens is 480 g/mol. The van der Waals surface area contributed by atoms with E-state index in [1.54, 1.807) is 16.9 Å². The highest BCUT2D eigenvalue weighted by Crippen LogP contribution is 2.65. The molecule has 4 heterocycles. The first-order valence-electron chi connectivity index (χ1n) is 12.5. The van der Waals surface area contributed by atoms with E-state index in [0.717, 1.165) is 0 Å². The molecule has 0 aromatic heterocycles. The van der Waals surface area contributed by atoms with Crippen molar-refractivity contribution in [2.24, 2.45) is 11.8 Å². The van der Waals surface area contributed by atoms with E-state index in [9.17, 15) is 19.5 Å². The number of aliphatic hydroxyl groups excluding tert-OH is 1. The van der Waals surface area contributed by atoms with E-state index in [0.29, 0.717) is 43.8 Å². The molecule has 1 N–H and O–H groups in total. The van der Waals surface area contributed by atoms with E-state index < -0.39 is 27.4 Å². The second-order valence-electron chi connectivity index (χ2n) is 9.87. The van der Waals surface area contributed by atoms with E-state index in [4.69, 9.17) is 9.47 Å². The van der Waals surface area contributed by atoms with Crippen molar-refractivity contribution in [2.75, 3.05) is 38.3 Å². The minimum atomic E-state index is -0.901. The van der Waals surface area contributed by atoms with Crippen LogP contribution in [0.1, 0.15) is 26.2 Å². The molecule has 0 saturated carbocycles. The normalized spacial score (nSPS) is 33.4. The zero-order chi connectivity index (χ0) is 25.5. The summed E-state index contributed by atoms with van der Waals surface area (Å²) in [5.41, 5.74) is 0.716. The number of cyclic esters (lactones) is 1. The van der Waals surface area contributed by atoms with Gasteiger partial charge in [-0.3, -0.25) is 14.4 Å². The first-order valence-corrected chi connectivity index (χ1v) is 13.3. The molecule has 9 heteroatoms. The Kier molecular flexibility index (Phi) is 6.63. The van der Waals surface area contributed by atoms with E-state index >= 15 is 0 Å². The molecule has 0 bridgehead atoms. The van der Waals surface area contributed by atoms with Gasteiger partial charge in [-0.2, -0.15) is 0 Å². The maximum atomic E-state index is 14.3. The molecule has 1 unspecified atom stereocenters. The number of aliphatic hydroxyl groups is 1. The van der Waals surface area contributed by atoms with Gasteiger partial charge in [0.1, 0.15) is 11.8 Å². The van der Waals surface area contributed by atoms with Crippen LogP contribution in [0.25, 0.3) is 0 Å². The minimum absolute atomic E-state index is 0.0135. The van der Waals surface area contributed by atoms with Crippen LogP contribution in [0.2, 0.25) is 0 Å². The molecule has 2 amide bonds. The summed E-state index contributed by atoms with van der Waals surface area (Å²) >= 11 is 1.54. The van der Waals surface area contributed by atoms with Gasteiger partial charge in [-0.25, -0.2) is 0 Å². The summed E-state index contributed by atoms with van der Waals surface area (Å²) in [7, 11) is 1.59.